The summed E-state index contributed by atoms with van der Waals surface area (Å²) >= 11 is 0. The van der Waals surface area contributed by atoms with Gasteiger partial charge in [-0.05, 0) is 56.2 Å². The molecule has 35 heavy (non-hydrogen) atoms. The Labute approximate surface area is 203 Å². The van der Waals surface area contributed by atoms with Crippen LogP contribution in [-0.4, -0.2) is 30.9 Å². The number of benzene rings is 2. The van der Waals surface area contributed by atoms with Gasteiger partial charge in [-0.1, -0.05) is 17.7 Å². The van der Waals surface area contributed by atoms with Crippen molar-refractivity contribution >= 4 is 20.9 Å². The van der Waals surface area contributed by atoms with Gasteiger partial charge in [0, 0.05) is 23.6 Å². The number of sulfonamides is 1. The van der Waals surface area contributed by atoms with Gasteiger partial charge in [-0.25, -0.2) is 8.42 Å². The number of aromatic amines is 1. The Balaban J connectivity index is 1.59. The number of aryl methyl sites for hydroxylation is 3. The second-order valence-corrected chi connectivity index (χ2v) is 10.7. The number of fused-ring (bicyclic) bond motifs is 2. The van der Waals surface area contributed by atoms with Crippen molar-refractivity contribution in [3.63, 3.8) is 0 Å². The van der Waals surface area contributed by atoms with E-state index in [4.69, 9.17) is 13.9 Å². The SMILES string of the molecule is Cc1cc(C)c(S(=O)(=O)N(Cc2ccco2)Cc2cc3cc4c(cc3[nH]c2=O)OCCO4)c(C)c1. The molecule has 0 amide bonds. The average molecular weight is 495 g/mol. The maximum absolute atomic E-state index is 13.9. The van der Waals surface area contributed by atoms with Crippen LogP contribution in [0.15, 0.2) is 62.8 Å². The number of ether oxygens (including phenoxy) is 2. The number of H-pyrrole nitrogens is 1. The molecule has 1 aliphatic heterocycles. The summed E-state index contributed by atoms with van der Waals surface area (Å²) in [5, 5.41) is 0.724. The van der Waals surface area contributed by atoms with Crippen LogP contribution in [0.25, 0.3) is 10.9 Å². The second kappa shape index (κ2) is 8.90. The molecule has 0 saturated carbocycles. The van der Waals surface area contributed by atoms with Crippen LogP contribution in [0, 0.1) is 20.8 Å². The highest BCUT2D eigenvalue weighted by Crippen LogP contribution is 2.34. The lowest BCUT2D eigenvalue weighted by Crippen LogP contribution is -2.33. The van der Waals surface area contributed by atoms with Crippen molar-refractivity contribution in [1.82, 2.24) is 9.29 Å². The molecule has 1 aliphatic rings. The third-order valence-electron chi connectivity index (χ3n) is 6.05. The third-order valence-corrected chi connectivity index (χ3v) is 8.14. The molecule has 9 heteroatoms. The molecule has 0 atom stereocenters. The number of hydrogen-bond acceptors (Lipinski definition) is 6. The number of aromatic nitrogens is 1. The summed E-state index contributed by atoms with van der Waals surface area (Å²) in [6, 6.07) is 12.3. The maximum Gasteiger partial charge on any atom is 0.252 e. The Morgan fingerprint density at radius 2 is 1.63 bits per heavy atom. The van der Waals surface area contributed by atoms with Gasteiger partial charge in [0.2, 0.25) is 10.0 Å². The quantitative estimate of drug-likeness (QED) is 0.431. The van der Waals surface area contributed by atoms with E-state index in [2.05, 4.69) is 4.98 Å². The molecule has 182 valence electrons. The van der Waals surface area contributed by atoms with Gasteiger partial charge in [-0.3, -0.25) is 4.79 Å². The predicted molar refractivity (Wildman–Crippen MR) is 131 cm³/mol. The minimum atomic E-state index is -3.96. The fourth-order valence-corrected chi connectivity index (χ4v) is 6.40. The molecule has 0 radical (unpaired) electrons. The van der Waals surface area contributed by atoms with Gasteiger partial charge in [0.1, 0.15) is 19.0 Å². The van der Waals surface area contributed by atoms with E-state index in [0.717, 1.165) is 10.9 Å². The Morgan fingerprint density at radius 1 is 0.943 bits per heavy atom. The highest BCUT2D eigenvalue weighted by Gasteiger charge is 2.30. The zero-order valence-electron chi connectivity index (χ0n) is 19.8. The van der Waals surface area contributed by atoms with E-state index in [1.807, 2.05) is 19.1 Å². The van der Waals surface area contributed by atoms with Gasteiger partial charge in [0.15, 0.2) is 11.5 Å². The first-order valence-corrected chi connectivity index (χ1v) is 12.7. The van der Waals surface area contributed by atoms with Crippen LogP contribution in [0.5, 0.6) is 11.5 Å². The highest BCUT2D eigenvalue weighted by molar-refractivity contribution is 7.89. The van der Waals surface area contributed by atoms with Gasteiger partial charge in [-0.2, -0.15) is 4.31 Å². The zero-order chi connectivity index (χ0) is 24.7. The lowest BCUT2D eigenvalue weighted by atomic mass is 10.1. The van der Waals surface area contributed by atoms with Crippen molar-refractivity contribution in [2.24, 2.45) is 0 Å². The van der Waals surface area contributed by atoms with E-state index >= 15 is 0 Å². The normalized spacial score (nSPS) is 13.5. The van der Waals surface area contributed by atoms with Crippen LogP contribution >= 0.6 is 0 Å². The van der Waals surface area contributed by atoms with Gasteiger partial charge in [0.25, 0.3) is 5.56 Å². The summed E-state index contributed by atoms with van der Waals surface area (Å²) in [6.07, 6.45) is 1.50. The Kier molecular flexibility index (Phi) is 5.90. The average Bonchev–Trinajstić information content (AvgIpc) is 3.30. The van der Waals surface area contributed by atoms with E-state index in [1.165, 1.54) is 10.6 Å². The molecule has 1 N–H and O–H groups in total. The van der Waals surface area contributed by atoms with Gasteiger partial charge >= 0.3 is 0 Å². The molecule has 0 aliphatic carbocycles. The van der Waals surface area contributed by atoms with E-state index in [0.29, 0.717) is 52.7 Å². The molecule has 0 unspecified atom stereocenters. The minimum Gasteiger partial charge on any atom is -0.486 e. The van der Waals surface area contributed by atoms with E-state index in [9.17, 15) is 13.2 Å². The number of pyridine rings is 1. The van der Waals surface area contributed by atoms with Crippen LogP contribution in [0.4, 0.5) is 0 Å². The summed E-state index contributed by atoms with van der Waals surface area (Å²) in [6.45, 7) is 6.24. The zero-order valence-corrected chi connectivity index (χ0v) is 20.6. The summed E-state index contributed by atoms with van der Waals surface area (Å²) in [5.74, 6) is 1.64. The predicted octanol–water partition coefficient (Wildman–Crippen LogP) is 4.21. The summed E-state index contributed by atoms with van der Waals surface area (Å²) in [4.78, 5) is 16.1. The molecule has 4 aromatic rings. The lowest BCUT2D eigenvalue weighted by Gasteiger charge is -2.24. The first kappa shape index (κ1) is 23.2. The van der Waals surface area contributed by atoms with Gasteiger partial charge < -0.3 is 18.9 Å². The number of rotatable bonds is 6. The number of nitrogens with one attached hydrogen (secondary N) is 1. The van der Waals surface area contributed by atoms with Crippen LogP contribution < -0.4 is 15.0 Å². The standard InChI is InChI=1S/C26H26N2O6S/c1-16-9-17(2)25(18(3)10-16)35(30,31)28(15-21-5-4-6-32-21)14-20-11-19-12-23-24(34-8-7-33-23)13-22(19)27-26(20)29/h4-6,9-13H,7-8,14-15H2,1-3H3,(H,27,29). The number of furan rings is 1. The second-order valence-electron chi connectivity index (χ2n) is 8.79. The van der Waals surface area contributed by atoms with Crippen LogP contribution in [0.2, 0.25) is 0 Å². The Hall–Kier alpha value is -3.56. The topological polar surface area (TPSA) is 102 Å². The van der Waals surface area contributed by atoms with Gasteiger partial charge in [-0.15, -0.1) is 0 Å². The van der Waals surface area contributed by atoms with Crippen molar-refractivity contribution < 1.29 is 22.3 Å². The first-order chi connectivity index (χ1) is 16.7. The van der Waals surface area contributed by atoms with Gasteiger partial charge in [0.05, 0.1) is 23.2 Å². The summed E-state index contributed by atoms with van der Waals surface area (Å²) in [7, 11) is -3.96. The molecule has 2 aromatic heterocycles. The molecule has 0 saturated heterocycles. The lowest BCUT2D eigenvalue weighted by molar-refractivity contribution is 0.172. The molecule has 5 rings (SSSR count). The van der Waals surface area contributed by atoms with Crippen molar-refractivity contribution in [3.05, 3.63) is 87.1 Å². The highest BCUT2D eigenvalue weighted by atomic mass is 32.2. The number of hydrogen-bond donors (Lipinski definition) is 1. The molecular weight excluding hydrogens is 468 g/mol. The van der Waals surface area contributed by atoms with Crippen molar-refractivity contribution in [2.45, 2.75) is 38.8 Å². The fraction of sp³-hybridized carbons (Fsp3) is 0.269. The fourth-order valence-electron chi connectivity index (χ4n) is 4.60. The van der Waals surface area contributed by atoms with E-state index < -0.39 is 10.0 Å². The maximum atomic E-state index is 13.9. The first-order valence-electron chi connectivity index (χ1n) is 11.3. The van der Waals surface area contributed by atoms with Crippen LogP contribution in [0.3, 0.4) is 0 Å². The molecule has 0 bridgehead atoms. The van der Waals surface area contributed by atoms with E-state index in [-0.39, 0.29) is 23.5 Å². The Bertz CT molecular complexity index is 1550. The third kappa shape index (κ3) is 4.44. The van der Waals surface area contributed by atoms with Crippen molar-refractivity contribution in [3.8, 4) is 11.5 Å². The molecule has 0 fully saturated rings. The molecule has 8 nitrogen and oxygen atoms in total. The van der Waals surface area contributed by atoms with E-state index in [1.54, 1.807) is 44.2 Å². The molecule has 3 heterocycles. The monoisotopic (exact) mass is 494 g/mol. The van der Waals surface area contributed by atoms with Crippen molar-refractivity contribution in [2.75, 3.05) is 13.2 Å². The van der Waals surface area contributed by atoms with Crippen LogP contribution in [-0.2, 0) is 23.1 Å². The molecule has 0 spiro atoms. The Morgan fingerprint density at radius 3 is 2.29 bits per heavy atom. The smallest absolute Gasteiger partial charge is 0.252 e. The minimum absolute atomic E-state index is 0.0132. The molecular formula is C26H26N2O6S. The summed E-state index contributed by atoms with van der Waals surface area (Å²) in [5.41, 5.74) is 2.83. The number of nitrogens with zero attached hydrogens (tertiary/aromatic N) is 1. The molecule has 2 aromatic carbocycles. The largest absolute Gasteiger partial charge is 0.486 e. The van der Waals surface area contributed by atoms with Crippen LogP contribution in [0.1, 0.15) is 28.0 Å². The van der Waals surface area contributed by atoms with Crippen molar-refractivity contribution in [1.29, 1.82) is 0 Å². The summed E-state index contributed by atoms with van der Waals surface area (Å²) < 4.78 is 45.8.